The molecule has 0 aliphatic carbocycles. The Hall–Kier alpha value is -2.53. The fourth-order valence-electron chi connectivity index (χ4n) is 2.03. The van der Waals surface area contributed by atoms with Gasteiger partial charge >= 0.3 is 0 Å². The van der Waals surface area contributed by atoms with Crippen molar-refractivity contribution in [2.24, 2.45) is 10.9 Å². The molecule has 22 heavy (non-hydrogen) atoms. The second kappa shape index (κ2) is 6.95. The Morgan fingerprint density at radius 2 is 1.91 bits per heavy atom. The molecule has 0 bridgehead atoms. The van der Waals surface area contributed by atoms with Crippen molar-refractivity contribution < 1.29 is 9.57 Å². The highest BCUT2D eigenvalue weighted by Gasteiger charge is 1.99. The van der Waals surface area contributed by atoms with Gasteiger partial charge in [-0.1, -0.05) is 35.5 Å². The lowest BCUT2D eigenvalue weighted by atomic mass is 10.1. The van der Waals surface area contributed by atoms with Gasteiger partial charge in [-0.25, -0.2) is 0 Å². The molecule has 0 aliphatic rings. The van der Waals surface area contributed by atoms with Crippen molar-refractivity contribution in [1.82, 2.24) is 0 Å². The highest BCUT2D eigenvalue weighted by molar-refractivity contribution is 7.08. The zero-order valence-electron chi connectivity index (χ0n) is 11.9. The third kappa shape index (κ3) is 3.56. The van der Waals surface area contributed by atoms with E-state index in [1.54, 1.807) is 11.3 Å². The van der Waals surface area contributed by atoms with E-state index in [4.69, 9.17) is 15.3 Å². The molecule has 3 rings (SSSR count). The van der Waals surface area contributed by atoms with Gasteiger partial charge in [0.25, 0.3) is 0 Å². The zero-order valence-corrected chi connectivity index (χ0v) is 12.8. The van der Waals surface area contributed by atoms with Crippen molar-refractivity contribution in [2.75, 3.05) is 13.2 Å². The van der Waals surface area contributed by atoms with Gasteiger partial charge in [0.2, 0.25) is 0 Å². The molecule has 0 radical (unpaired) electrons. The quantitative estimate of drug-likeness (QED) is 0.327. The molecule has 0 atom stereocenters. The minimum absolute atomic E-state index is 0.345. The van der Waals surface area contributed by atoms with E-state index in [0.29, 0.717) is 19.0 Å². The summed E-state index contributed by atoms with van der Waals surface area (Å²) in [5.41, 5.74) is 6.66. The van der Waals surface area contributed by atoms with E-state index in [0.717, 1.165) is 16.7 Å². The lowest BCUT2D eigenvalue weighted by Crippen LogP contribution is -2.14. The zero-order chi connectivity index (χ0) is 15.2. The van der Waals surface area contributed by atoms with Crippen molar-refractivity contribution in [3.63, 3.8) is 0 Å². The number of rotatable bonds is 6. The summed E-state index contributed by atoms with van der Waals surface area (Å²) in [6.45, 7) is 0.760. The normalized spacial score (nSPS) is 11.5. The van der Waals surface area contributed by atoms with Crippen molar-refractivity contribution in [3.8, 4) is 5.75 Å². The average Bonchev–Trinajstić information content (AvgIpc) is 3.09. The number of oxime groups is 1. The summed E-state index contributed by atoms with van der Waals surface area (Å²) in [7, 11) is 0. The van der Waals surface area contributed by atoms with E-state index in [1.807, 2.05) is 47.2 Å². The predicted octanol–water partition coefficient (Wildman–Crippen LogP) is 3.62. The first-order valence-corrected chi connectivity index (χ1v) is 7.87. The summed E-state index contributed by atoms with van der Waals surface area (Å²) in [5, 5.41) is 10.1. The van der Waals surface area contributed by atoms with Crippen LogP contribution >= 0.6 is 11.3 Å². The van der Waals surface area contributed by atoms with Crippen molar-refractivity contribution in [1.29, 1.82) is 0 Å². The Labute approximate surface area is 132 Å². The maximum absolute atomic E-state index is 5.79. The predicted molar refractivity (Wildman–Crippen MR) is 90.4 cm³/mol. The van der Waals surface area contributed by atoms with Crippen LogP contribution in [0.5, 0.6) is 5.75 Å². The average molecular weight is 312 g/mol. The van der Waals surface area contributed by atoms with Gasteiger partial charge in [-0.3, -0.25) is 0 Å². The van der Waals surface area contributed by atoms with Crippen molar-refractivity contribution in [2.45, 2.75) is 0 Å². The first-order valence-electron chi connectivity index (χ1n) is 6.92. The first kappa shape index (κ1) is 14.4. The van der Waals surface area contributed by atoms with E-state index in [9.17, 15) is 0 Å². The Morgan fingerprint density at radius 1 is 1.05 bits per heavy atom. The monoisotopic (exact) mass is 312 g/mol. The molecule has 4 nitrogen and oxygen atoms in total. The third-order valence-electron chi connectivity index (χ3n) is 3.14. The van der Waals surface area contributed by atoms with E-state index < -0.39 is 0 Å². The summed E-state index contributed by atoms with van der Waals surface area (Å²) in [6.07, 6.45) is 0. The number of thiophene rings is 1. The summed E-state index contributed by atoms with van der Waals surface area (Å²) in [6, 6.07) is 16.1. The van der Waals surface area contributed by atoms with Gasteiger partial charge in [0.15, 0.2) is 12.4 Å². The van der Waals surface area contributed by atoms with Crippen LogP contribution in [0.1, 0.15) is 5.56 Å². The molecule has 5 heteroatoms. The van der Waals surface area contributed by atoms with Crippen LogP contribution in [0.25, 0.3) is 10.8 Å². The molecule has 3 aromatic rings. The Kier molecular flexibility index (Phi) is 4.56. The number of hydrogen-bond acceptors (Lipinski definition) is 4. The van der Waals surface area contributed by atoms with Crippen LogP contribution < -0.4 is 10.5 Å². The number of amidine groups is 1. The molecule has 0 fully saturated rings. The number of fused-ring (bicyclic) bond motifs is 1. The first-order chi connectivity index (χ1) is 10.8. The maximum Gasteiger partial charge on any atom is 0.171 e. The third-order valence-corrected chi connectivity index (χ3v) is 3.83. The molecule has 2 aromatic carbocycles. The van der Waals surface area contributed by atoms with Crippen LogP contribution in [-0.2, 0) is 4.84 Å². The van der Waals surface area contributed by atoms with Crippen molar-refractivity contribution in [3.05, 3.63) is 64.9 Å². The number of nitrogens with zero attached hydrogens (tertiary/aromatic N) is 1. The number of nitrogens with two attached hydrogens (primary N) is 1. The van der Waals surface area contributed by atoms with Crippen LogP contribution in [0.4, 0.5) is 0 Å². The van der Waals surface area contributed by atoms with Gasteiger partial charge in [0.05, 0.1) is 0 Å². The molecule has 0 aliphatic heterocycles. The van der Waals surface area contributed by atoms with Crippen molar-refractivity contribution >= 4 is 27.9 Å². The second-order valence-electron chi connectivity index (χ2n) is 4.68. The van der Waals surface area contributed by atoms with Crippen LogP contribution in [0.3, 0.4) is 0 Å². The van der Waals surface area contributed by atoms with Gasteiger partial charge in [-0.05, 0) is 34.4 Å². The molecular weight excluding hydrogens is 296 g/mol. The van der Waals surface area contributed by atoms with E-state index in [1.165, 1.54) is 5.39 Å². The topological polar surface area (TPSA) is 56.8 Å². The van der Waals surface area contributed by atoms with Crippen LogP contribution in [0.2, 0.25) is 0 Å². The van der Waals surface area contributed by atoms with Crippen LogP contribution in [0.15, 0.2) is 64.4 Å². The van der Waals surface area contributed by atoms with E-state index in [-0.39, 0.29) is 0 Å². The maximum atomic E-state index is 5.79. The number of hydrogen-bond donors (Lipinski definition) is 1. The lowest BCUT2D eigenvalue weighted by molar-refractivity contribution is 0.107. The minimum Gasteiger partial charge on any atom is -0.490 e. The summed E-state index contributed by atoms with van der Waals surface area (Å²) >= 11 is 1.57. The standard InChI is InChI=1S/C17H16N2O2S/c18-17(15-7-10-22-12-15)19-21-9-8-20-16-6-5-13-3-1-2-4-14(13)11-16/h1-7,10-12H,8-9H2,(H2,18,19). The Balaban J connectivity index is 1.49. The number of benzene rings is 2. The van der Waals surface area contributed by atoms with Crippen LogP contribution in [0, 0.1) is 0 Å². The Bertz CT molecular complexity index is 769. The molecular formula is C17H16N2O2S. The molecule has 1 aromatic heterocycles. The molecule has 112 valence electrons. The van der Waals surface area contributed by atoms with Crippen LogP contribution in [-0.4, -0.2) is 19.0 Å². The van der Waals surface area contributed by atoms with Gasteiger partial charge < -0.3 is 15.3 Å². The van der Waals surface area contributed by atoms with Gasteiger partial charge in [0.1, 0.15) is 12.4 Å². The molecule has 2 N–H and O–H groups in total. The fourth-order valence-corrected chi connectivity index (χ4v) is 2.68. The van der Waals surface area contributed by atoms with Gasteiger partial charge in [-0.2, -0.15) is 11.3 Å². The summed E-state index contributed by atoms with van der Waals surface area (Å²) < 4.78 is 5.65. The molecule has 0 unspecified atom stereocenters. The molecule has 0 spiro atoms. The summed E-state index contributed by atoms with van der Waals surface area (Å²) in [4.78, 5) is 5.17. The SMILES string of the molecule is N/C(=N\OCCOc1ccc2ccccc2c1)c1ccsc1. The highest BCUT2D eigenvalue weighted by Crippen LogP contribution is 2.20. The minimum atomic E-state index is 0.345. The lowest BCUT2D eigenvalue weighted by Gasteiger charge is -2.07. The molecule has 0 saturated carbocycles. The van der Waals surface area contributed by atoms with E-state index in [2.05, 4.69) is 17.3 Å². The Morgan fingerprint density at radius 3 is 2.73 bits per heavy atom. The highest BCUT2D eigenvalue weighted by atomic mass is 32.1. The van der Waals surface area contributed by atoms with Gasteiger partial charge in [-0.15, -0.1) is 0 Å². The molecule has 1 heterocycles. The fraction of sp³-hybridized carbons (Fsp3) is 0.118. The molecule has 0 amide bonds. The van der Waals surface area contributed by atoms with E-state index >= 15 is 0 Å². The molecule has 0 saturated heterocycles. The largest absolute Gasteiger partial charge is 0.490 e. The number of ether oxygens (including phenoxy) is 1. The van der Waals surface area contributed by atoms with Gasteiger partial charge in [0, 0.05) is 10.9 Å². The summed E-state index contributed by atoms with van der Waals surface area (Å²) in [5.74, 6) is 1.20. The second-order valence-corrected chi connectivity index (χ2v) is 5.46. The smallest absolute Gasteiger partial charge is 0.171 e.